The van der Waals surface area contributed by atoms with Crippen LogP contribution in [0.1, 0.15) is 25.7 Å². The Labute approximate surface area is 125 Å². The first-order valence-electron chi connectivity index (χ1n) is 7.55. The average molecular weight is 293 g/mol. The highest BCUT2D eigenvalue weighted by molar-refractivity contribution is 7.99. The zero-order chi connectivity index (χ0) is 13.7. The van der Waals surface area contributed by atoms with Crippen LogP contribution in [0.3, 0.4) is 0 Å². The highest BCUT2D eigenvalue weighted by atomic mass is 32.2. The minimum Gasteiger partial charge on any atom is -0.348 e. The van der Waals surface area contributed by atoms with Crippen molar-refractivity contribution in [3.63, 3.8) is 0 Å². The van der Waals surface area contributed by atoms with Crippen LogP contribution in [-0.4, -0.2) is 37.3 Å². The molecule has 20 heavy (non-hydrogen) atoms. The molecular formula is C16H23NO2S. The third-order valence-corrected chi connectivity index (χ3v) is 5.12. The number of hydrogen-bond acceptors (Lipinski definition) is 4. The van der Waals surface area contributed by atoms with E-state index in [1.54, 1.807) is 0 Å². The van der Waals surface area contributed by atoms with Crippen molar-refractivity contribution in [2.24, 2.45) is 0 Å². The van der Waals surface area contributed by atoms with Gasteiger partial charge >= 0.3 is 0 Å². The number of hydrogen-bond donors (Lipinski definition) is 1. The second-order valence-electron chi connectivity index (χ2n) is 5.50. The van der Waals surface area contributed by atoms with Crippen LogP contribution in [0, 0.1) is 0 Å². The van der Waals surface area contributed by atoms with Crippen LogP contribution < -0.4 is 5.32 Å². The Bertz CT molecular complexity index is 396. The molecule has 0 amide bonds. The van der Waals surface area contributed by atoms with Gasteiger partial charge in [-0.15, -0.1) is 11.8 Å². The lowest BCUT2D eigenvalue weighted by molar-refractivity contribution is -0.179. The SMILES string of the molecule is c1ccc(SCCNC2CCC3(CC2)OCCO3)cc1. The molecule has 1 spiro atoms. The third kappa shape index (κ3) is 3.76. The number of thioether (sulfide) groups is 1. The zero-order valence-electron chi connectivity index (χ0n) is 11.8. The molecule has 1 saturated carbocycles. The Morgan fingerprint density at radius 2 is 1.80 bits per heavy atom. The smallest absolute Gasteiger partial charge is 0.168 e. The van der Waals surface area contributed by atoms with E-state index in [0.717, 1.165) is 51.2 Å². The molecule has 0 bridgehead atoms. The van der Waals surface area contributed by atoms with Gasteiger partial charge in [0.25, 0.3) is 0 Å². The molecule has 3 rings (SSSR count). The summed E-state index contributed by atoms with van der Waals surface area (Å²) in [6, 6.07) is 11.2. The summed E-state index contributed by atoms with van der Waals surface area (Å²) < 4.78 is 11.5. The molecule has 3 nitrogen and oxygen atoms in total. The molecule has 1 aliphatic heterocycles. The summed E-state index contributed by atoms with van der Waals surface area (Å²) in [5, 5.41) is 3.67. The van der Waals surface area contributed by atoms with E-state index in [2.05, 4.69) is 35.6 Å². The van der Waals surface area contributed by atoms with Crippen molar-refractivity contribution in [1.29, 1.82) is 0 Å². The molecule has 110 valence electrons. The molecular weight excluding hydrogens is 270 g/mol. The lowest BCUT2D eigenvalue weighted by Gasteiger charge is -2.35. The predicted molar refractivity (Wildman–Crippen MR) is 82.1 cm³/mol. The number of ether oxygens (including phenoxy) is 2. The first-order chi connectivity index (χ1) is 9.86. The van der Waals surface area contributed by atoms with Gasteiger partial charge in [0.15, 0.2) is 5.79 Å². The van der Waals surface area contributed by atoms with Crippen molar-refractivity contribution in [3.05, 3.63) is 30.3 Å². The average Bonchev–Trinajstić information content (AvgIpc) is 2.95. The fourth-order valence-corrected chi connectivity index (χ4v) is 3.80. The first kappa shape index (κ1) is 14.4. The van der Waals surface area contributed by atoms with E-state index < -0.39 is 0 Å². The van der Waals surface area contributed by atoms with Gasteiger partial charge in [-0.3, -0.25) is 0 Å². The van der Waals surface area contributed by atoms with Crippen molar-refractivity contribution in [2.45, 2.75) is 42.4 Å². The summed E-state index contributed by atoms with van der Waals surface area (Å²) in [6.45, 7) is 2.61. The molecule has 2 fully saturated rings. The zero-order valence-corrected chi connectivity index (χ0v) is 12.7. The van der Waals surface area contributed by atoms with Crippen LogP contribution in [0.5, 0.6) is 0 Å². The lowest BCUT2D eigenvalue weighted by atomic mass is 9.90. The van der Waals surface area contributed by atoms with E-state index >= 15 is 0 Å². The Morgan fingerprint density at radius 3 is 2.50 bits per heavy atom. The minimum absolute atomic E-state index is 0.225. The second kappa shape index (κ2) is 6.94. The van der Waals surface area contributed by atoms with E-state index in [-0.39, 0.29) is 5.79 Å². The predicted octanol–water partition coefficient (Wildman–Crippen LogP) is 3.05. The summed E-state index contributed by atoms with van der Waals surface area (Å²) in [7, 11) is 0. The molecule has 1 heterocycles. The van der Waals surface area contributed by atoms with Crippen LogP contribution in [0.2, 0.25) is 0 Å². The van der Waals surface area contributed by atoms with E-state index in [4.69, 9.17) is 9.47 Å². The summed E-state index contributed by atoms with van der Waals surface area (Å²) in [5.41, 5.74) is 0. The Morgan fingerprint density at radius 1 is 1.10 bits per heavy atom. The van der Waals surface area contributed by atoms with Crippen LogP contribution >= 0.6 is 11.8 Å². The molecule has 1 saturated heterocycles. The Hall–Kier alpha value is -0.550. The van der Waals surface area contributed by atoms with Gasteiger partial charge in [0.1, 0.15) is 0 Å². The number of benzene rings is 1. The van der Waals surface area contributed by atoms with E-state index in [1.165, 1.54) is 4.90 Å². The summed E-state index contributed by atoms with van der Waals surface area (Å²) >= 11 is 1.92. The lowest BCUT2D eigenvalue weighted by Crippen LogP contribution is -2.42. The van der Waals surface area contributed by atoms with Gasteiger partial charge in [0, 0.05) is 36.1 Å². The number of rotatable bonds is 5. The van der Waals surface area contributed by atoms with Gasteiger partial charge in [-0.05, 0) is 25.0 Å². The van der Waals surface area contributed by atoms with E-state index in [0.29, 0.717) is 6.04 Å². The highest BCUT2D eigenvalue weighted by Gasteiger charge is 2.39. The highest BCUT2D eigenvalue weighted by Crippen LogP contribution is 2.35. The molecule has 1 aliphatic carbocycles. The molecule has 1 aromatic carbocycles. The van der Waals surface area contributed by atoms with E-state index in [1.807, 2.05) is 11.8 Å². The quantitative estimate of drug-likeness (QED) is 0.668. The largest absolute Gasteiger partial charge is 0.348 e. The van der Waals surface area contributed by atoms with Gasteiger partial charge < -0.3 is 14.8 Å². The van der Waals surface area contributed by atoms with E-state index in [9.17, 15) is 0 Å². The topological polar surface area (TPSA) is 30.5 Å². The Balaban J connectivity index is 1.32. The van der Waals surface area contributed by atoms with Crippen LogP contribution in [-0.2, 0) is 9.47 Å². The maximum atomic E-state index is 5.76. The third-order valence-electron chi connectivity index (χ3n) is 4.11. The first-order valence-corrected chi connectivity index (χ1v) is 8.54. The molecule has 0 unspecified atom stereocenters. The maximum absolute atomic E-state index is 5.76. The monoisotopic (exact) mass is 293 g/mol. The van der Waals surface area contributed by atoms with Crippen molar-refractivity contribution in [2.75, 3.05) is 25.5 Å². The summed E-state index contributed by atoms with van der Waals surface area (Å²) in [6.07, 6.45) is 4.40. The molecule has 0 aromatic heterocycles. The normalized spacial score (nSPS) is 22.4. The van der Waals surface area contributed by atoms with Gasteiger partial charge in [-0.25, -0.2) is 0 Å². The van der Waals surface area contributed by atoms with Gasteiger partial charge in [0.2, 0.25) is 0 Å². The standard InChI is InChI=1S/C16H23NO2S/c1-2-4-15(5-3-1)20-13-10-17-14-6-8-16(9-7-14)18-11-12-19-16/h1-5,14,17H,6-13H2. The molecule has 1 N–H and O–H groups in total. The summed E-state index contributed by atoms with van der Waals surface area (Å²) in [4.78, 5) is 1.35. The molecule has 0 atom stereocenters. The fraction of sp³-hybridized carbons (Fsp3) is 0.625. The molecule has 0 radical (unpaired) electrons. The molecule has 2 aliphatic rings. The van der Waals surface area contributed by atoms with Crippen molar-refractivity contribution < 1.29 is 9.47 Å². The summed E-state index contributed by atoms with van der Waals surface area (Å²) in [5.74, 6) is 0.898. The van der Waals surface area contributed by atoms with Gasteiger partial charge in [0.05, 0.1) is 13.2 Å². The van der Waals surface area contributed by atoms with Crippen LogP contribution in [0.15, 0.2) is 35.2 Å². The van der Waals surface area contributed by atoms with Crippen molar-refractivity contribution in [1.82, 2.24) is 5.32 Å². The number of nitrogens with one attached hydrogen (secondary N) is 1. The molecule has 4 heteroatoms. The second-order valence-corrected chi connectivity index (χ2v) is 6.67. The van der Waals surface area contributed by atoms with Crippen LogP contribution in [0.25, 0.3) is 0 Å². The van der Waals surface area contributed by atoms with Crippen LogP contribution in [0.4, 0.5) is 0 Å². The van der Waals surface area contributed by atoms with Crippen molar-refractivity contribution in [3.8, 4) is 0 Å². The van der Waals surface area contributed by atoms with Gasteiger partial charge in [-0.2, -0.15) is 0 Å². The fourth-order valence-electron chi connectivity index (χ4n) is 3.00. The maximum Gasteiger partial charge on any atom is 0.168 e. The van der Waals surface area contributed by atoms with Gasteiger partial charge in [-0.1, -0.05) is 18.2 Å². The van der Waals surface area contributed by atoms with Crippen molar-refractivity contribution >= 4 is 11.8 Å². The Kier molecular flexibility index (Phi) is 4.99. The minimum atomic E-state index is -0.225. The molecule has 1 aromatic rings.